The summed E-state index contributed by atoms with van der Waals surface area (Å²) in [6.45, 7) is 7.94. The van der Waals surface area contributed by atoms with E-state index in [0.717, 1.165) is 30.3 Å². The highest BCUT2D eigenvalue weighted by molar-refractivity contribution is 9.10. The van der Waals surface area contributed by atoms with E-state index in [2.05, 4.69) is 42.0 Å². The molecule has 1 aromatic heterocycles. The van der Waals surface area contributed by atoms with E-state index in [4.69, 9.17) is 5.11 Å². The topological polar surface area (TPSA) is 54.3 Å². The first kappa shape index (κ1) is 17.2. The molecular formula is C15H25BrN2O2. The lowest BCUT2D eigenvalue weighted by molar-refractivity contribution is 0.0923. The second kappa shape index (κ2) is 7.84. The molecule has 5 heteroatoms. The first-order valence-corrected chi connectivity index (χ1v) is 7.93. The predicted octanol–water partition coefficient (Wildman–Crippen LogP) is 3.19. The van der Waals surface area contributed by atoms with E-state index in [0.29, 0.717) is 12.2 Å². The van der Waals surface area contributed by atoms with Gasteiger partial charge in [0, 0.05) is 30.4 Å². The number of carbonyl (C=O) groups is 1. The third kappa shape index (κ3) is 5.29. The largest absolute Gasteiger partial charge is 0.396 e. The standard InChI is InChI=1S/C15H25BrN2O2/c1-4-7-18-10-12(16)9-13(18)14(20)17-11-15(2,3)6-5-8-19/h9-10,19H,4-8,11H2,1-3H3,(H,17,20). The Bertz CT molecular complexity index is 441. The summed E-state index contributed by atoms with van der Waals surface area (Å²) in [5.41, 5.74) is 0.689. The van der Waals surface area contributed by atoms with Gasteiger partial charge >= 0.3 is 0 Å². The maximum Gasteiger partial charge on any atom is 0.267 e. The summed E-state index contributed by atoms with van der Waals surface area (Å²) in [5, 5.41) is 11.9. The second-order valence-corrected chi connectivity index (χ2v) is 6.83. The number of nitrogens with one attached hydrogen (secondary N) is 1. The highest BCUT2D eigenvalue weighted by Gasteiger charge is 2.20. The van der Waals surface area contributed by atoms with E-state index in [1.807, 2.05) is 16.8 Å². The van der Waals surface area contributed by atoms with Crippen molar-refractivity contribution in [2.75, 3.05) is 13.2 Å². The molecule has 1 aromatic rings. The summed E-state index contributed by atoms with van der Waals surface area (Å²) in [7, 11) is 0. The van der Waals surface area contributed by atoms with Crippen LogP contribution in [0.3, 0.4) is 0 Å². The van der Waals surface area contributed by atoms with Crippen LogP contribution in [0.15, 0.2) is 16.7 Å². The number of hydrogen-bond donors (Lipinski definition) is 2. The summed E-state index contributed by atoms with van der Waals surface area (Å²) < 4.78 is 2.90. The van der Waals surface area contributed by atoms with Crippen molar-refractivity contribution in [3.8, 4) is 0 Å². The summed E-state index contributed by atoms with van der Waals surface area (Å²) in [5.74, 6) is -0.0405. The summed E-state index contributed by atoms with van der Waals surface area (Å²) >= 11 is 3.42. The Balaban J connectivity index is 2.62. The van der Waals surface area contributed by atoms with Gasteiger partial charge in [-0.2, -0.15) is 0 Å². The molecule has 1 rings (SSSR count). The number of rotatable bonds is 8. The molecule has 0 spiro atoms. The van der Waals surface area contributed by atoms with Crippen molar-refractivity contribution in [1.82, 2.24) is 9.88 Å². The lowest BCUT2D eigenvalue weighted by Crippen LogP contribution is -2.35. The second-order valence-electron chi connectivity index (χ2n) is 5.91. The van der Waals surface area contributed by atoms with E-state index in [9.17, 15) is 4.79 Å². The van der Waals surface area contributed by atoms with Crippen LogP contribution in [-0.2, 0) is 6.54 Å². The molecule has 0 aromatic carbocycles. The molecule has 0 unspecified atom stereocenters. The maximum absolute atomic E-state index is 12.3. The van der Waals surface area contributed by atoms with Crippen LogP contribution >= 0.6 is 15.9 Å². The third-order valence-corrected chi connectivity index (χ3v) is 3.73. The monoisotopic (exact) mass is 344 g/mol. The average Bonchev–Trinajstić information content (AvgIpc) is 2.75. The molecule has 0 saturated heterocycles. The van der Waals surface area contributed by atoms with Crippen molar-refractivity contribution in [2.24, 2.45) is 5.41 Å². The van der Waals surface area contributed by atoms with Crippen LogP contribution in [0, 0.1) is 5.41 Å². The molecule has 0 bridgehead atoms. The number of aryl methyl sites for hydroxylation is 1. The fraction of sp³-hybridized carbons (Fsp3) is 0.667. The van der Waals surface area contributed by atoms with Crippen LogP contribution in [0.25, 0.3) is 0 Å². The molecule has 114 valence electrons. The van der Waals surface area contributed by atoms with Gasteiger partial charge in [-0.3, -0.25) is 4.79 Å². The lowest BCUT2D eigenvalue weighted by Gasteiger charge is -2.24. The zero-order chi connectivity index (χ0) is 15.2. The van der Waals surface area contributed by atoms with Gasteiger partial charge < -0.3 is 15.0 Å². The number of amides is 1. The molecule has 0 fully saturated rings. The van der Waals surface area contributed by atoms with Gasteiger partial charge in [-0.25, -0.2) is 0 Å². The molecular weight excluding hydrogens is 320 g/mol. The Morgan fingerprint density at radius 3 is 2.80 bits per heavy atom. The van der Waals surface area contributed by atoms with Crippen LogP contribution < -0.4 is 5.32 Å². The number of halogens is 1. The Hall–Kier alpha value is -0.810. The molecule has 0 aliphatic carbocycles. The molecule has 0 atom stereocenters. The first-order valence-electron chi connectivity index (χ1n) is 7.14. The van der Waals surface area contributed by atoms with Gasteiger partial charge in [0.25, 0.3) is 5.91 Å². The minimum absolute atomic E-state index is 0.00218. The molecule has 0 radical (unpaired) electrons. The highest BCUT2D eigenvalue weighted by atomic mass is 79.9. The van der Waals surface area contributed by atoms with E-state index in [1.54, 1.807) is 0 Å². The van der Waals surface area contributed by atoms with Gasteiger partial charge in [0.15, 0.2) is 0 Å². The number of carbonyl (C=O) groups excluding carboxylic acids is 1. The van der Waals surface area contributed by atoms with Gasteiger partial charge in [-0.1, -0.05) is 20.8 Å². The number of aromatic nitrogens is 1. The minimum Gasteiger partial charge on any atom is -0.396 e. The quantitative estimate of drug-likeness (QED) is 0.760. The lowest BCUT2D eigenvalue weighted by atomic mass is 9.88. The summed E-state index contributed by atoms with van der Waals surface area (Å²) in [6, 6.07) is 1.85. The Morgan fingerprint density at radius 2 is 2.20 bits per heavy atom. The van der Waals surface area contributed by atoms with Gasteiger partial charge in [0.1, 0.15) is 5.69 Å². The molecule has 1 heterocycles. The highest BCUT2D eigenvalue weighted by Crippen LogP contribution is 2.21. The maximum atomic E-state index is 12.3. The first-order chi connectivity index (χ1) is 9.39. The number of aliphatic hydroxyl groups is 1. The van der Waals surface area contributed by atoms with Crippen molar-refractivity contribution in [3.63, 3.8) is 0 Å². The van der Waals surface area contributed by atoms with Crippen molar-refractivity contribution in [3.05, 3.63) is 22.4 Å². The van der Waals surface area contributed by atoms with Crippen LogP contribution in [-0.4, -0.2) is 28.7 Å². The molecule has 0 aliphatic heterocycles. The van der Waals surface area contributed by atoms with Crippen LogP contribution in [0.1, 0.15) is 50.5 Å². The van der Waals surface area contributed by atoms with Crippen molar-refractivity contribution in [1.29, 1.82) is 0 Å². The summed E-state index contributed by atoms with van der Waals surface area (Å²) in [4.78, 5) is 12.3. The Morgan fingerprint density at radius 1 is 1.50 bits per heavy atom. The number of hydrogen-bond acceptors (Lipinski definition) is 2. The fourth-order valence-electron chi connectivity index (χ4n) is 2.15. The van der Waals surface area contributed by atoms with Crippen LogP contribution in [0.2, 0.25) is 0 Å². The van der Waals surface area contributed by atoms with Crippen molar-refractivity contribution < 1.29 is 9.90 Å². The Labute approximate surface area is 129 Å². The SMILES string of the molecule is CCCn1cc(Br)cc1C(=O)NCC(C)(C)CCCO. The number of aliphatic hydroxyl groups excluding tert-OH is 1. The van der Waals surface area contributed by atoms with E-state index in [-0.39, 0.29) is 17.9 Å². The van der Waals surface area contributed by atoms with E-state index in [1.165, 1.54) is 0 Å². The molecule has 1 amide bonds. The van der Waals surface area contributed by atoms with Gasteiger partial charge in [0.05, 0.1) is 0 Å². The van der Waals surface area contributed by atoms with E-state index < -0.39 is 0 Å². The van der Waals surface area contributed by atoms with Crippen LogP contribution in [0.4, 0.5) is 0 Å². The third-order valence-electron chi connectivity index (χ3n) is 3.30. The average molecular weight is 345 g/mol. The fourth-order valence-corrected chi connectivity index (χ4v) is 2.61. The van der Waals surface area contributed by atoms with Gasteiger partial charge in [-0.05, 0) is 46.7 Å². The van der Waals surface area contributed by atoms with E-state index >= 15 is 0 Å². The summed E-state index contributed by atoms with van der Waals surface area (Å²) in [6.07, 6.45) is 4.59. The normalized spacial score (nSPS) is 11.7. The molecule has 0 saturated carbocycles. The predicted molar refractivity (Wildman–Crippen MR) is 84.9 cm³/mol. The molecule has 20 heavy (non-hydrogen) atoms. The van der Waals surface area contributed by atoms with Crippen LogP contribution in [0.5, 0.6) is 0 Å². The molecule has 2 N–H and O–H groups in total. The molecule has 4 nitrogen and oxygen atoms in total. The van der Waals surface area contributed by atoms with Crippen molar-refractivity contribution in [2.45, 2.75) is 46.6 Å². The van der Waals surface area contributed by atoms with Crippen molar-refractivity contribution >= 4 is 21.8 Å². The number of nitrogens with zero attached hydrogens (tertiary/aromatic N) is 1. The smallest absolute Gasteiger partial charge is 0.267 e. The zero-order valence-corrected chi connectivity index (χ0v) is 14.2. The zero-order valence-electron chi connectivity index (χ0n) is 12.6. The van der Waals surface area contributed by atoms with Gasteiger partial charge in [0.2, 0.25) is 0 Å². The van der Waals surface area contributed by atoms with Gasteiger partial charge in [-0.15, -0.1) is 0 Å². The molecule has 0 aliphatic rings. The minimum atomic E-state index is -0.0405. The Kier molecular flexibility index (Phi) is 6.76.